The fourth-order valence-corrected chi connectivity index (χ4v) is 2.94. The first-order chi connectivity index (χ1) is 9.54. The highest BCUT2D eigenvalue weighted by atomic mass is 35.5. The lowest BCUT2D eigenvalue weighted by Crippen LogP contribution is -2.50. The van der Waals surface area contributed by atoms with E-state index in [2.05, 4.69) is 10.3 Å². The standard InChI is InChI=1S/C11H9ClN4O3S/c12-9-2-1-8(20-9)10(17)15-3-6(4-15)16-5-7(11(18)19)13-14-16/h1-2,5-6H,3-4H2,(H,18,19). The molecule has 3 rings (SSSR count). The van der Waals surface area contributed by atoms with Crippen molar-refractivity contribution in [3.8, 4) is 0 Å². The van der Waals surface area contributed by atoms with Gasteiger partial charge < -0.3 is 10.0 Å². The average molecular weight is 313 g/mol. The van der Waals surface area contributed by atoms with Gasteiger partial charge in [0.2, 0.25) is 0 Å². The second-order valence-electron chi connectivity index (χ2n) is 4.36. The van der Waals surface area contributed by atoms with Crippen molar-refractivity contribution in [2.45, 2.75) is 6.04 Å². The van der Waals surface area contributed by atoms with E-state index in [1.54, 1.807) is 17.0 Å². The molecule has 0 unspecified atom stereocenters. The van der Waals surface area contributed by atoms with Crippen molar-refractivity contribution in [3.05, 3.63) is 33.2 Å². The molecule has 0 bridgehead atoms. The van der Waals surface area contributed by atoms with Crippen molar-refractivity contribution >= 4 is 34.8 Å². The second kappa shape index (κ2) is 4.88. The Morgan fingerprint density at radius 1 is 1.40 bits per heavy atom. The molecule has 1 amide bonds. The number of aromatic carboxylic acids is 1. The molecule has 1 saturated heterocycles. The molecule has 104 valence electrons. The monoisotopic (exact) mass is 312 g/mol. The lowest BCUT2D eigenvalue weighted by molar-refractivity contribution is 0.0502. The Labute approximate surface area is 122 Å². The first-order valence-electron chi connectivity index (χ1n) is 5.74. The number of rotatable bonds is 3. The summed E-state index contributed by atoms with van der Waals surface area (Å²) in [4.78, 5) is 25.0. The van der Waals surface area contributed by atoms with Crippen LogP contribution in [0.2, 0.25) is 4.34 Å². The number of thiophene rings is 1. The Morgan fingerprint density at radius 3 is 2.70 bits per heavy atom. The van der Waals surface area contributed by atoms with Crippen LogP contribution in [0.5, 0.6) is 0 Å². The molecule has 2 aromatic rings. The topological polar surface area (TPSA) is 88.3 Å². The van der Waals surface area contributed by atoms with Crippen LogP contribution in [0.15, 0.2) is 18.3 Å². The van der Waals surface area contributed by atoms with Crippen molar-refractivity contribution < 1.29 is 14.7 Å². The van der Waals surface area contributed by atoms with Gasteiger partial charge in [-0.25, -0.2) is 9.48 Å². The predicted molar refractivity (Wildman–Crippen MR) is 71.3 cm³/mol. The molecule has 1 aliphatic heterocycles. The first-order valence-corrected chi connectivity index (χ1v) is 6.94. The number of nitrogens with zero attached hydrogens (tertiary/aromatic N) is 4. The molecule has 20 heavy (non-hydrogen) atoms. The van der Waals surface area contributed by atoms with Crippen LogP contribution in [0.25, 0.3) is 0 Å². The van der Waals surface area contributed by atoms with E-state index in [1.165, 1.54) is 22.2 Å². The van der Waals surface area contributed by atoms with E-state index in [0.29, 0.717) is 22.3 Å². The number of hydrogen-bond acceptors (Lipinski definition) is 5. The van der Waals surface area contributed by atoms with Crippen LogP contribution in [0.1, 0.15) is 26.2 Å². The van der Waals surface area contributed by atoms with Gasteiger partial charge in [-0.1, -0.05) is 16.8 Å². The zero-order chi connectivity index (χ0) is 14.3. The zero-order valence-electron chi connectivity index (χ0n) is 10.1. The second-order valence-corrected chi connectivity index (χ2v) is 6.07. The van der Waals surface area contributed by atoms with Crippen molar-refractivity contribution in [1.29, 1.82) is 0 Å². The van der Waals surface area contributed by atoms with Crippen LogP contribution in [0.3, 0.4) is 0 Å². The summed E-state index contributed by atoms with van der Waals surface area (Å²) in [7, 11) is 0. The number of amides is 1. The number of carbonyl (C=O) groups is 2. The van der Waals surface area contributed by atoms with Crippen LogP contribution in [0, 0.1) is 0 Å². The van der Waals surface area contributed by atoms with E-state index in [1.807, 2.05) is 0 Å². The summed E-state index contributed by atoms with van der Waals surface area (Å²) in [5.41, 5.74) is -0.0974. The lowest BCUT2D eigenvalue weighted by atomic mass is 10.1. The molecular weight excluding hydrogens is 304 g/mol. The fourth-order valence-electron chi connectivity index (χ4n) is 1.93. The average Bonchev–Trinajstić information content (AvgIpc) is 2.96. The number of carboxylic acids is 1. The van der Waals surface area contributed by atoms with E-state index in [-0.39, 0.29) is 17.6 Å². The molecule has 9 heteroatoms. The molecule has 1 N–H and O–H groups in total. The van der Waals surface area contributed by atoms with Crippen molar-refractivity contribution in [2.24, 2.45) is 0 Å². The Hall–Kier alpha value is -1.93. The van der Waals surface area contributed by atoms with Gasteiger partial charge in [0.15, 0.2) is 5.69 Å². The van der Waals surface area contributed by atoms with Gasteiger partial charge in [-0.05, 0) is 12.1 Å². The minimum Gasteiger partial charge on any atom is -0.476 e. The van der Waals surface area contributed by atoms with Crippen molar-refractivity contribution in [1.82, 2.24) is 19.9 Å². The maximum atomic E-state index is 12.1. The number of carbonyl (C=O) groups excluding carboxylic acids is 1. The highest BCUT2D eigenvalue weighted by Gasteiger charge is 2.34. The summed E-state index contributed by atoms with van der Waals surface area (Å²) in [6, 6.07) is 3.35. The number of aromatic nitrogens is 3. The van der Waals surface area contributed by atoms with Gasteiger partial charge in [-0.2, -0.15) is 0 Å². The quantitative estimate of drug-likeness (QED) is 0.925. The van der Waals surface area contributed by atoms with Gasteiger partial charge in [0.25, 0.3) is 5.91 Å². The predicted octanol–water partition coefficient (Wildman–Crippen LogP) is 1.39. The summed E-state index contributed by atoms with van der Waals surface area (Å²) in [6.45, 7) is 0.966. The molecular formula is C11H9ClN4O3S. The SMILES string of the molecule is O=C(O)c1cn(C2CN(C(=O)c3ccc(Cl)s3)C2)nn1. The van der Waals surface area contributed by atoms with E-state index in [0.717, 1.165) is 0 Å². The molecule has 0 aromatic carbocycles. The molecule has 0 aliphatic carbocycles. The maximum Gasteiger partial charge on any atom is 0.358 e. The zero-order valence-corrected chi connectivity index (χ0v) is 11.6. The summed E-state index contributed by atoms with van der Waals surface area (Å²) < 4.78 is 2.06. The molecule has 0 spiro atoms. The largest absolute Gasteiger partial charge is 0.476 e. The summed E-state index contributed by atoms with van der Waals surface area (Å²) >= 11 is 7.04. The van der Waals surface area contributed by atoms with Crippen LogP contribution in [0.4, 0.5) is 0 Å². The highest BCUT2D eigenvalue weighted by Crippen LogP contribution is 2.27. The Morgan fingerprint density at radius 2 is 2.15 bits per heavy atom. The molecule has 1 fully saturated rings. The summed E-state index contributed by atoms with van der Waals surface area (Å²) in [6.07, 6.45) is 1.37. The van der Waals surface area contributed by atoms with Gasteiger partial charge in [-0.15, -0.1) is 16.4 Å². The minimum absolute atomic E-state index is 0.0324. The van der Waals surface area contributed by atoms with Gasteiger partial charge in [0, 0.05) is 13.1 Å². The van der Waals surface area contributed by atoms with Gasteiger partial charge >= 0.3 is 5.97 Å². The molecule has 0 saturated carbocycles. The lowest BCUT2D eigenvalue weighted by Gasteiger charge is -2.38. The van der Waals surface area contributed by atoms with Gasteiger partial charge in [-0.3, -0.25) is 4.79 Å². The third kappa shape index (κ3) is 2.27. The Balaban J connectivity index is 1.63. The maximum absolute atomic E-state index is 12.1. The fraction of sp³-hybridized carbons (Fsp3) is 0.273. The van der Waals surface area contributed by atoms with Crippen LogP contribution >= 0.6 is 22.9 Å². The number of carboxylic acid groups (broad SMARTS) is 1. The summed E-state index contributed by atoms with van der Waals surface area (Å²) in [5.74, 6) is -1.19. The molecule has 1 aliphatic rings. The van der Waals surface area contributed by atoms with Crippen LogP contribution in [-0.4, -0.2) is 50.0 Å². The molecule has 7 nitrogen and oxygen atoms in total. The van der Waals surface area contributed by atoms with Crippen LogP contribution < -0.4 is 0 Å². The normalized spacial score (nSPS) is 15.2. The van der Waals surface area contributed by atoms with E-state index in [9.17, 15) is 9.59 Å². The third-order valence-corrected chi connectivity index (χ3v) is 4.26. The first kappa shape index (κ1) is 13.1. The van der Waals surface area contributed by atoms with Crippen molar-refractivity contribution in [3.63, 3.8) is 0 Å². The third-order valence-electron chi connectivity index (χ3n) is 3.04. The van der Waals surface area contributed by atoms with E-state index in [4.69, 9.17) is 16.7 Å². The smallest absolute Gasteiger partial charge is 0.358 e. The summed E-state index contributed by atoms with van der Waals surface area (Å²) in [5, 5.41) is 16.1. The molecule has 3 heterocycles. The number of likely N-dealkylation sites (tertiary alicyclic amines) is 1. The molecule has 0 radical (unpaired) electrons. The Bertz CT molecular complexity index is 677. The van der Waals surface area contributed by atoms with Gasteiger partial charge in [0.1, 0.15) is 0 Å². The van der Waals surface area contributed by atoms with Crippen LogP contribution in [-0.2, 0) is 0 Å². The molecule has 2 aromatic heterocycles. The highest BCUT2D eigenvalue weighted by molar-refractivity contribution is 7.17. The minimum atomic E-state index is -1.11. The van der Waals surface area contributed by atoms with Gasteiger partial charge in [0.05, 0.1) is 21.5 Å². The number of halogens is 1. The van der Waals surface area contributed by atoms with E-state index >= 15 is 0 Å². The van der Waals surface area contributed by atoms with E-state index < -0.39 is 5.97 Å². The number of hydrogen-bond donors (Lipinski definition) is 1. The Kier molecular flexibility index (Phi) is 3.19. The molecule has 0 atom stereocenters. The van der Waals surface area contributed by atoms with Crippen molar-refractivity contribution in [2.75, 3.05) is 13.1 Å².